The number of pyridine rings is 1. The Morgan fingerprint density at radius 1 is 1.30 bits per heavy atom. The minimum Gasteiger partial charge on any atom is -0.352 e. The number of aromatic nitrogens is 3. The van der Waals surface area contributed by atoms with Crippen LogP contribution in [0.5, 0.6) is 0 Å². The normalized spacial score (nSPS) is 18.3. The maximum absolute atomic E-state index is 4.55. The highest BCUT2D eigenvalue weighted by Crippen LogP contribution is 2.38. The first kappa shape index (κ1) is 13.7. The van der Waals surface area contributed by atoms with E-state index in [-0.39, 0.29) is 0 Å². The Bertz CT molecular complexity index is 587. The van der Waals surface area contributed by atoms with E-state index in [0.717, 1.165) is 23.8 Å². The van der Waals surface area contributed by atoms with Gasteiger partial charge >= 0.3 is 0 Å². The molecule has 1 fully saturated rings. The van der Waals surface area contributed by atoms with Crippen molar-refractivity contribution < 1.29 is 0 Å². The second-order valence-corrected chi connectivity index (χ2v) is 6.95. The molecule has 2 heterocycles. The molecule has 0 saturated heterocycles. The smallest absolute Gasteiger partial charge is 0.243 e. The first-order valence-corrected chi connectivity index (χ1v) is 8.56. The van der Waals surface area contributed by atoms with E-state index in [0.29, 0.717) is 4.75 Å². The van der Waals surface area contributed by atoms with E-state index in [1.807, 2.05) is 28.4 Å². The molecule has 2 aromatic rings. The number of anilines is 1. The predicted octanol–water partition coefficient (Wildman–Crippen LogP) is 3.52. The summed E-state index contributed by atoms with van der Waals surface area (Å²) in [5.41, 5.74) is 2.02. The summed E-state index contributed by atoms with van der Waals surface area (Å²) in [7, 11) is 0. The van der Waals surface area contributed by atoms with Crippen LogP contribution in [0.3, 0.4) is 0 Å². The molecule has 0 bridgehead atoms. The number of nitrogens with zero attached hydrogens (tertiary/aromatic N) is 3. The molecule has 5 heteroatoms. The highest BCUT2D eigenvalue weighted by molar-refractivity contribution is 8.00. The van der Waals surface area contributed by atoms with E-state index in [1.165, 1.54) is 32.1 Å². The molecule has 0 unspecified atom stereocenters. The lowest BCUT2D eigenvalue weighted by atomic mass is 9.88. The first-order valence-electron chi connectivity index (χ1n) is 7.34. The van der Waals surface area contributed by atoms with Crippen molar-refractivity contribution in [2.75, 3.05) is 18.1 Å². The number of rotatable bonds is 4. The Balaban J connectivity index is 1.74. The van der Waals surface area contributed by atoms with Crippen LogP contribution in [0.15, 0.2) is 18.2 Å². The van der Waals surface area contributed by atoms with Crippen molar-refractivity contribution in [1.82, 2.24) is 14.6 Å². The van der Waals surface area contributed by atoms with Crippen molar-refractivity contribution in [3.63, 3.8) is 0 Å². The SMILES string of the molecule is CSC1(CNc2nc3cccc(C)n3n2)CCCCC1. The Kier molecular flexibility index (Phi) is 3.87. The summed E-state index contributed by atoms with van der Waals surface area (Å²) in [6.07, 6.45) is 8.91. The lowest BCUT2D eigenvalue weighted by Gasteiger charge is -2.35. The van der Waals surface area contributed by atoms with Gasteiger partial charge in [0.2, 0.25) is 5.95 Å². The predicted molar refractivity (Wildman–Crippen MR) is 85.5 cm³/mol. The van der Waals surface area contributed by atoms with Crippen molar-refractivity contribution in [2.24, 2.45) is 0 Å². The van der Waals surface area contributed by atoms with Crippen LogP contribution in [0.1, 0.15) is 37.8 Å². The van der Waals surface area contributed by atoms with Crippen LogP contribution in [0.4, 0.5) is 5.95 Å². The van der Waals surface area contributed by atoms with Crippen molar-refractivity contribution in [2.45, 2.75) is 43.8 Å². The topological polar surface area (TPSA) is 42.2 Å². The largest absolute Gasteiger partial charge is 0.352 e. The highest BCUT2D eigenvalue weighted by Gasteiger charge is 2.31. The molecule has 1 aliphatic rings. The molecule has 0 aliphatic heterocycles. The lowest BCUT2D eigenvalue weighted by molar-refractivity contribution is 0.411. The van der Waals surface area contributed by atoms with Crippen LogP contribution in [-0.2, 0) is 0 Å². The molecule has 0 spiro atoms. The van der Waals surface area contributed by atoms with Gasteiger partial charge in [0.15, 0.2) is 5.65 Å². The average Bonchev–Trinajstić information content (AvgIpc) is 2.91. The molecule has 4 nitrogen and oxygen atoms in total. The third kappa shape index (κ3) is 2.64. The number of thioether (sulfide) groups is 1. The molecule has 1 aliphatic carbocycles. The molecular formula is C15H22N4S. The van der Waals surface area contributed by atoms with Crippen molar-refractivity contribution in [3.05, 3.63) is 23.9 Å². The fraction of sp³-hybridized carbons (Fsp3) is 0.600. The summed E-state index contributed by atoms with van der Waals surface area (Å²) in [4.78, 5) is 4.55. The van der Waals surface area contributed by atoms with Crippen molar-refractivity contribution in [1.29, 1.82) is 0 Å². The van der Waals surface area contributed by atoms with Gasteiger partial charge in [-0.3, -0.25) is 0 Å². The summed E-state index contributed by atoms with van der Waals surface area (Å²) in [5, 5.41) is 8.01. The van der Waals surface area contributed by atoms with Gasteiger partial charge in [-0.05, 0) is 38.2 Å². The molecule has 3 rings (SSSR count). The third-order valence-electron chi connectivity index (χ3n) is 4.32. The zero-order valence-electron chi connectivity index (χ0n) is 12.2. The van der Waals surface area contributed by atoms with Crippen LogP contribution >= 0.6 is 11.8 Å². The van der Waals surface area contributed by atoms with E-state index < -0.39 is 0 Å². The molecular weight excluding hydrogens is 268 g/mol. The number of aryl methyl sites for hydroxylation is 1. The van der Waals surface area contributed by atoms with Crippen molar-refractivity contribution >= 4 is 23.4 Å². The highest BCUT2D eigenvalue weighted by atomic mass is 32.2. The van der Waals surface area contributed by atoms with Gasteiger partial charge in [0.05, 0.1) is 0 Å². The van der Waals surface area contributed by atoms with E-state index in [1.54, 1.807) is 0 Å². The van der Waals surface area contributed by atoms with Crippen LogP contribution in [0.2, 0.25) is 0 Å². The second kappa shape index (κ2) is 5.64. The van der Waals surface area contributed by atoms with Crippen LogP contribution in [-0.4, -0.2) is 32.1 Å². The Labute approximate surface area is 124 Å². The van der Waals surface area contributed by atoms with E-state index >= 15 is 0 Å². The van der Waals surface area contributed by atoms with Gasteiger partial charge in [0.1, 0.15) is 0 Å². The van der Waals surface area contributed by atoms with E-state index in [2.05, 4.69) is 34.6 Å². The molecule has 0 atom stereocenters. The molecule has 0 aromatic carbocycles. The average molecular weight is 290 g/mol. The lowest BCUT2D eigenvalue weighted by Crippen LogP contribution is -2.35. The second-order valence-electron chi connectivity index (χ2n) is 5.67. The Hall–Kier alpha value is -1.23. The van der Waals surface area contributed by atoms with Crippen LogP contribution in [0.25, 0.3) is 5.65 Å². The summed E-state index contributed by atoms with van der Waals surface area (Å²) >= 11 is 2.00. The zero-order chi connectivity index (χ0) is 14.0. The quantitative estimate of drug-likeness (QED) is 0.935. The molecule has 1 N–H and O–H groups in total. The maximum atomic E-state index is 4.55. The fourth-order valence-electron chi connectivity index (χ4n) is 3.00. The standard InChI is InChI=1S/C15H22N4S/c1-12-7-6-8-13-17-14(18-19(12)13)16-11-15(20-2)9-4-3-5-10-15/h6-8H,3-5,9-11H2,1-2H3,(H,16,18). The van der Waals surface area contributed by atoms with Gasteiger partial charge in [-0.25, -0.2) is 4.52 Å². The van der Waals surface area contributed by atoms with Gasteiger partial charge in [0, 0.05) is 17.0 Å². The number of hydrogen-bond acceptors (Lipinski definition) is 4. The molecule has 0 radical (unpaired) electrons. The van der Waals surface area contributed by atoms with E-state index in [9.17, 15) is 0 Å². The minimum absolute atomic E-state index is 0.366. The Morgan fingerprint density at radius 3 is 2.80 bits per heavy atom. The van der Waals surface area contributed by atoms with Gasteiger partial charge < -0.3 is 5.32 Å². The summed E-state index contributed by atoms with van der Waals surface area (Å²) in [6, 6.07) is 6.07. The summed E-state index contributed by atoms with van der Waals surface area (Å²) in [6.45, 7) is 3.01. The van der Waals surface area contributed by atoms with Gasteiger partial charge in [-0.2, -0.15) is 16.7 Å². The first-order chi connectivity index (χ1) is 9.72. The number of hydrogen-bond donors (Lipinski definition) is 1. The number of fused-ring (bicyclic) bond motifs is 1. The molecule has 1 saturated carbocycles. The van der Waals surface area contributed by atoms with E-state index in [4.69, 9.17) is 0 Å². The summed E-state index contributed by atoms with van der Waals surface area (Å²) in [5.74, 6) is 0.748. The fourth-order valence-corrected chi connectivity index (χ4v) is 3.91. The van der Waals surface area contributed by atoms with Crippen LogP contribution < -0.4 is 5.32 Å². The minimum atomic E-state index is 0.366. The van der Waals surface area contributed by atoms with Gasteiger partial charge in [-0.1, -0.05) is 25.3 Å². The Morgan fingerprint density at radius 2 is 2.10 bits per heavy atom. The molecule has 108 valence electrons. The van der Waals surface area contributed by atoms with Crippen molar-refractivity contribution in [3.8, 4) is 0 Å². The zero-order valence-corrected chi connectivity index (χ0v) is 13.0. The van der Waals surface area contributed by atoms with Crippen LogP contribution in [0, 0.1) is 6.92 Å². The monoisotopic (exact) mass is 290 g/mol. The molecule has 2 aromatic heterocycles. The third-order valence-corrected chi connectivity index (χ3v) is 5.73. The van der Waals surface area contributed by atoms with Gasteiger partial charge in [0.25, 0.3) is 0 Å². The number of nitrogens with one attached hydrogen (secondary N) is 1. The van der Waals surface area contributed by atoms with Gasteiger partial charge in [-0.15, -0.1) is 5.10 Å². The maximum Gasteiger partial charge on any atom is 0.243 e. The molecule has 20 heavy (non-hydrogen) atoms. The summed E-state index contributed by atoms with van der Waals surface area (Å²) < 4.78 is 2.26. The molecule has 0 amide bonds.